The van der Waals surface area contributed by atoms with Gasteiger partial charge in [0.15, 0.2) is 0 Å². The Bertz CT molecular complexity index is 1070. The number of aryl methyl sites for hydroxylation is 2. The van der Waals surface area contributed by atoms with Gasteiger partial charge in [-0.3, -0.25) is 9.78 Å². The molecule has 1 aliphatic heterocycles. The standard InChI is InChI=1S/C20H22F2N6O/c1-11-4-5-27(19(29)14-6-13(3)23-8-12(14)2)9-15(11)17-7-16(18(21)22)26-20-24-10-25-28(17)20/h6-8,10-11,15,18H,4-5,9H2,1-3H3/t11-,15-/m1/s1. The van der Waals surface area contributed by atoms with Gasteiger partial charge in [0.05, 0.1) is 5.69 Å². The molecule has 0 unspecified atom stereocenters. The van der Waals surface area contributed by atoms with Crippen LogP contribution in [0.15, 0.2) is 24.7 Å². The molecule has 0 aromatic carbocycles. The maximum absolute atomic E-state index is 13.4. The van der Waals surface area contributed by atoms with E-state index in [1.54, 1.807) is 17.2 Å². The first kappa shape index (κ1) is 19.4. The predicted molar refractivity (Wildman–Crippen MR) is 102 cm³/mol. The number of nitrogens with zero attached hydrogens (tertiary/aromatic N) is 6. The number of carbonyl (C=O) groups is 1. The van der Waals surface area contributed by atoms with Crippen molar-refractivity contribution in [2.75, 3.05) is 13.1 Å². The van der Waals surface area contributed by atoms with Crippen molar-refractivity contribution in [3.63, 3.8) is 0 Å². The molecule has 0 bridgehead atoms. The van der Waals surface area contributed by atoms with Crippen LogP contribution < -0.4 is 0 Å². The third-order valence-electron chi connectivity index (χ3n) is 5.62. The van der Waals surface area contributed by atoms with Crippen molar-refractivity contribution in [2.24, 2.45) is 5.92 Å². The Labute approximate surface area is 166 Å². The van der Waals surface area contributed by atoms with E-state index in [1.807, 2.05) is 13.8 Å². The first-order valence-electron chi connectivity index (χ1n) is 9.56. The van der Waals surface area contributed by atoms with Gasteiger partial charge < -0.3 is 4.90 Å². The van der Waals surface area contributed by atoms with Crippen molar-refractivity contribution >= 4 is 11.7 Å². The van der Waals surface area contributed by atoms with Crippen LogP contribution >= 0.6 is 0 Å². The summed E-state index contributed by atoms with van der Waals surface area (Å²) in [5.41, 5.74) is 2.51. The highest BCUT2D eigenvalue weighted by Gasteiger charge is 2.33. The fraction of sp³-hybridized carbons (Fsp3) is 0.450. The van der Waals surface area contributed by atoms with Crippen molar-refractivity contribution < 1.29 is 13.6 Å². The van der Waals surface area contributed by atoms with Gasteiger partial charge in [-0.05, 0) is 43.9 Å². The SMILES string of the molecule is Cc1cc(C(=O)N2CC[C@@H](C)[C@H](c3cc(C(F)F)nc4ncnn34)C2)c(C)cn1. The van der Waals surface area contributed by atoms with Crippen LogP contribution in [0.5, 0.6) is 0 Å². The third-order valence-corrected chi connectivity index (χ3v) is 5.62. The van der Waals surface area contributed by atoms with Crippen molar-refractivity contribution in [1.82, 2.24) is 29.5 Å². The smallest absolute Gasteiger partial charge is 0.280 e. The second-order valence-electron chi connectivity index (χ2n) is 7.64. The van der Waals surface area contributed by atoms with E-state index in [-0.39, 0.29) is 29.2 Å². The van der Waals surface area contributed by atoms with Gasteiger partial charge in [-0.2, -0.15) is 10.1 Å². The summed E-state index contributed by atoms with van der Waals surface area (Å²) in [7, 11) is 0. The van der Waals surface area contributed by atoms with Crippen LogP contribution in [0.25, 0.3) is 5.78 Å². The summed E-state index contributed by atoms with van der Waals surface area (Å²) in [6.45, 7) is 6.81. The van der Waals surface area contributed by atoms with E-state index in [4.69, 9.17) is 0 Å². The van der Waals surface area contributed by atoms with Gasteiger partial charge in [0.25, 0.3) is 18.1 Å². The van der Waals surface area contributed by atoms with Crippen molar-refractivity contribution in [3.8, 4) is 0 Å². The fourth-order valence-corrected chi connectivity index (χ4v) is 3.90. The van der Waals surface area contributed by atoms with Crippen LogP contribution in [0.4, 0.5) is 8.78 Å². The zero-order valence-corrected chi connectivity index (χ0v) is 16.5. The van der Waals surface area contributed by atoms with Gasteiger partial charge in [0.1, 0.15) is 12.0 Å². The first-order chi connectivity index (χ1) is 13.8. The lowest BCUT2D eigenvalue weighted by Crippen LogP contribution is -2.43. The number of rotatable bonds is 3. The number of aromatic nitrogens is 5. The summed E-state index contributed by atoms with van der Waals surface area (Å²) >= 11 is 0. The second kappa shape index (κ2) is 7.46. The molecule has 4 heterocycles. The molecule has 0 saturated carbocycles. The van der Waals surface area contributed by atoms with Crippen LogP contribution in [-0.2, 0) is 0 Å². The maximum atomic E-state index is 13.4. The number of hydrogen-bond acceptors (Lipinski definition) is 5. The summed E-state index contributed by atoms with van der Waals surface area (Å²) in [5, 5.41) is 4.17. The van der Waals surface area contributed by atoms with E-state index in [2.05, 4.69) is 27.0 Å². The molecule has 9 heteroatoms. The molecule has 1 aliphatic rings. The minimum Gasteiger partial charge on any atom is -0.338 e. The summed E-state index contributed by atoms with van der Waals surface area (Å²) in [5.74, 6) is 0.122. The van der Waals surface area contributed by atoms with Crippen molar-refractivity contribution in [3.05, 3.63) is 52.9 Å². The van der Waals surface area contributed by atoms with E-state index >= 15 is 0 Å². The summed E-state index contributed by atoms with van der Waals surface area (Å²) in [6, 6.07) is 3.19. The summed E-state index contributed by atoms with van der Waals surface area (Å²) < 4.78 is 28.2. The van der Waals surface area contributed by atoms with Crippen LogP contribution in [0.2, 0.25) is 0 Å². The van der Waals surface area contributed by atoms with Crippen LogP contribution in [0.1, 0.15) is 58.7 Å². The lowest BCUT2D eigenvalue weighted by molar-refractivity contribution is 0.0664. The maximum Gasteiger partial charge on any atom is 0.280 e. The van der Waals surface area contributed by atoms with Crippen LogP contribution in [0.3, 0.4) is 0 Å². The molecule has 1 saturated heterocycles. The van der Waals surface area contributed by atoms with Crippen LogP contribution in [0, 0.1) is 19.8 Å². The Morgan fingerprint density at radius 2 is 2.03 bits per heavy atom. The molecular formula is C20H22F2N6O. The molecular weight excluding hydrogens is 378 g/mol. The van der Waals surface area contributed by atoms with E-state index < -0.39 is 6.43 Å². The fourth-order valence-electron chi connectivity index (χ4n) is 3.90. The number of pyridine rings is 1. The lowest BCUT2D eigenvalue weighted by Gasteiger charge is -2.37. The summed E-state index contributed by atoms with van der Waals surface area (Å²) in [6.07, 6.45) is 1.07. The molecule has 3 aromatic rings. The number of piperidine rings is 1. The van der Waals surface area contributed by atoms with Gasteiger partial charge >= 0.3 is 0 Å². The number of likely N-dealkylation sites (tertiary alicyclic amines) is 1. The Hall–Kier alpha value is -2.97. The highest BCUT2D eigenvalue weighted by atomic mass is 19.3. The van der Waals surface area contributed by atoms with Crippen LogP contribution in [-0.4, -0.2) is 48.5 Å². The molecule has 4 rings (SSSR count). The topological polar surface area (TPSA) is 76.3 Å². The van der Waals surface area contributed by atoms with E-state index in [9.17, 15) is 13.6 Å². The molecule has 0 spiro atoms. The van der Waals surface area contributed by atoms with E-state index in [1.165, 1.54) is 16.9 Å². The number of carbonyl (C=O) groups excluding carboxylic acids is 1. The minimum atomic E-state index is -2.70. The Balaban J connectivity index is 1.70. The lowest BCUT2D eigenvalue weighted by atomic mass is 9.84. The average molecular weight is 400 g/mol. The highest BCUT2D eigenvalue weighted by Crippen LogP contribution is 2.34. The van der Waals surface area contributed by atoms with Gasteiger partial charge in [-0.1, -0.05) is 6.92 Å². The average Bonchev–Trinajstić information content (AvgIpc) is 3.18. The largest absolute Gasteiger partial charge is 0.338 e. The Kier molecular flexibility index (Phi) is 4.97. The zero-order chi connectivity index (χ0) is 20.7. The minimum absolute atomic E-state index is 0.0668. The second-order valence-corrected chi connectivity index (χ2v) is 7.64. The molecule has 7 nitrogen and oxygen atoms in total. The molecule has 29 heavy (non-hydrogen) atoms. The van der Waals surface area contributed by atoms with E-state index in [0.717, 1.165) is 17.7 Å². The quantitative estimate of drug-likeness (QED) is 0.674. The molecule has 0 aliphatic carbocycles. The number of halogens is 2. The number of fused-ring (bicyclic) bond motifs is 1. The first-order valence-corrected chi connectivity index (χ1v) is 9.56. The monoisotopic (exact) mass is 400 g/mol. The normalized spacial score (nSPS) is 19.9. The van der Waals surface area contributed by atoms with Gasteiger partial charge in [0.2, 0.25) is 0 Å². The number of alkyl halides is 2. The number of hydrogen-bond donors (Lipinski definition) is 0. The summed E-state index contributed by atoms with van der Waals surface area (Å²) in [4.78, 5) is 27.1. The van der Waals surface area contributed by atoms with E-state index in [0.29, 0.717) is 24.3 Å². The molecule has 152 valence electrons. The molecule has 1 amide bonds. The zero-order valence-electron chi connectivity index (χ0n) is 16.5. The van der Waals surface area contributed by atoms with Crippen molar-refractivity contribution in [1.29, 1.82) is 0 Å². The molecule has 3 aromatic heterocycles. The Morgan fingerprint density at radius 3 is 2.79 bits per heavy atom. The highest BCUT2D eigenvalue weighted by molar-refractivity contribution is 5.95. The van der Waals surface area contributed by atoms with Gasteiger partial charge in [0, 0.05) is 36.5 Å². The molecule has 2 atom stereocenters. The molecule has 0 N–H and O–H groups in total. The number of amides is 1. The van der Waals surface area contributed by atoms with Gasteiger partial charge in [-0.15, -0.1) is 0 Å². The molecule has 1 fully saturated rings. The van der Waals surface area contributed by atoms with Crippen molar-refractivity contribution in [2.45, 2.75) is 39.5 Å². The molecule has 0 radical (unpaired) electrons. The Morgan fingerprint density at radius 1 is 1.24 bits per heavy atom. The van der Waals surface area contributed by atoms with Gasteiger partial charge in [-0.25, -0.2) is 18.3 Å². The third kappa shape index (κ3) is 3.56. The predicted octanol–water partition coefficient (Wildman–Crippen LogP) is 3.34.